The lowest BCUT2D eigenvalue weighted by Gasteiger charge is -2.21. The average Bonchev–Trinajstić information content (AvgIpc) is 2.88. The van der Waals surface area contributed by atoms with E-state index in [-0.39, 0.29) is 12.0 Å². The molecular formula is C12H19N3O3S. The van der Waals surface area contributed by atoms with Crippen molar-refractivity contribution in [3.05, 3.63) is 16.6 Å². The number of nitrogens with one attached hydrogen (secondary N) is 2. The fourth-order valence-corrected chi connectivity index (χ4v) is 2.22. The zero-order valence-corrected chi connectivity index (χ0v) is 12.0. The van der Waals surface area contributed by atoms with Crippen LogP contribution in [-0.4, -0.2) is 28.1 Å². The lowest BCUT2D eigenvalue weighted by atomic mass is 9.99. The Hall–Kier alpha value is -1.63. The van der Waals surface area contributed by atoms with Gasteiger partial charge in [0.15, 0.2) is 0 Å². The molecule has 3 atom stereocenters. The van der Waals surface area contributed by atoms with Crippen molar-refractivity contribution in [1.29, 1.82) is 0 Å². The summed E-state index contributed by atoms with van der Waals surface area (Å²) in [7, 11) is 0. The molecule has 0 aromatic carbocycles. The minimum absolute atomic E-state index is 0.126. The van der Waals surface area contributed by atoms with Crippen LogP contribution in [0.2, 0.25) is 0 Å². The Morgan fingerprint density at radius 3 is 2.58 bits per heavy atom. The van der Waals surface area contributed by atoms with E-state index in [2.05, 4.69) is 15.6 Å². The van der Waals surface area contributed by atoms with Gasteiger partial charge in [0.1, 0.15) is 11.0 Å². The average molecular weight is 285 g/mol. The summed E-state index contributed by atoms with van der Waals surface area (Å²) < 4.78 is 0. The van der Waals surface area contributed by atoms with Crippen molar-refractivity contribution >= 4 is 23.3 Å². The molecule has 1 rings (SSSR count). The molecule has 0 aliphatic heterocycles. The highest BCUT2D eigenvalue weighted by Crippen LogP contribution is 2.14. The highest BCUT2D eigenvalue weighted by Gasteiger charge is 2.25. The molecule has 1 unspecified atom stereocenters. The fraction of sp³-hybridized carbons (Fsp3) is 0.583. The number of carboxylic acid groups (broad SMARTS) is 1. The van der Waals surface area contributed by atoms with E-state index in [0.29, 0.717) is 6.42 Å². The van der Waals surface area contributed by atoms with Crippen LogP contribution in [0.5, 0.6) is 0 Å². The molecule has 1 aromatic heterocycles. The maximum absolute atomic E-state index is 11.8. The van der Waals surface area contributed by atoms with Gasteiger partial charge in [-0.1, -0.05) is 20.3 Å². The van der Waals surface area contributed by atoms with Crippen LogP contribution in [0.1, 0.15) is 38.2 Å². The van der Waals surface area contributed by atoms with Crippen molar-refractivity contribution in [2.24, 2.45) is 5.92 Å². The minimum atomic E-state index is -1.02. The second kappa shape index (κ2) is 7.08. The van der Waals surface area contributed by atoms with Gasteiger partial charge in [0.25, 0.3) is 0 Å². The lowest BCUT2D eigenvalue weighted by Crippen LogP contribution is -2.49. The van der Waals surface area contributed by atoms with Crippen LogP contribution in [0.3, 0.4) is 0 Å². The Kier molecular flexibility index (Phi) is 5.75. The summed E-state index contributed by atoms with van der Waals surface area (Å²) in [5.74, 6) is -1.15. The third-order valence-electron chi connectivity index (χ3n) is 2.94. The Balaban J connectivity index is 2.56. The molecule has 6 nitrogen and oxygen atoms in total. The molecule has 106 valence electrons. The van der Waals surface area contributed by atoms with Gasteiger partial charge in [0.2, 0.25) is 0 Å². The number of aromatic nitrogens is 1. The second-order valence-corrected chi connectivity index (χ2v) is 5.34. The van der Waals surface area contributed by atoms with E-state index < -0.39 is 18.0 Å². The van der Waals surface area contributed by atoms with Crippen molar-refractivity contribution in [3.63, 3.8) is 0 Å². The largest absolute Gasteiger partial charge is 0.480 e. The van der Waals surface area contributed by atoms with Gasteiger partial charge in [-0.05, 0) is 12.8 Å². The third-order valence-corrected chi connectivity index (χ3v) is 3.89. The highest BCUT2D eigenvalue weighted by atomic mass is 32.1. The number of hydrogen-bond acceptors (Lipinski definition) is 4. The van der Waals surface area contributed by atoms with E-state index >= 15 is 0 Å². The van der Waals surface area contributed by atoms with E-state index in [4.69, 9.17) is 5.11 Å². The zero-order valence-electron chi connectivity index (χ0n) is 11.2. The molecule has 1 aromatic rings. The highest BCUT2D eigenvalue weighted by molar-refractivity contribution is 7.09. The number of thiazole rings is 1. The van der Waals surface area contributed by atoms with E-state index in [1.807, 2.05) is 12.3 Å². The summed E-state index contributed by atoms with van der Waals surface area (Å²) in [5, 5.41) is 16.9. The maximum atomic E-state index is 11.8. The lowest BCUT2D eigenvalue weighted by molar-refractivity contribution is -0.140. The van der Waals surface area contributed by atoms with Crippen LogP contribution < -0.4 is 10.6 Å². The topological polar surface area (TPSA) is 91.3 Å². The van der Waals surface area contributed by atoms with Gasteiger partial charge in [-0.15, -0.1) is 11.3 Å². The third kappa shape index (κ3) is 4.51. The first-order chi connectivity index (χ1) is 8.95. The summed E-state index contributed by atoms with van der Waals surface area (Å²) in [4.78, 5) is 27.0. The molecule has 1 heterocycles. The molecule has 0 spiro atoms. The molecule has 0 aliphatic rings. The molecule has 0 saturated carbocycles. The van der Waals surface area contributed by atoms with E-state index in [1.54, 1.807) is 20.0 Å². The van der Waals surface area contributed by atoms with Crippen LogP contribution in [0.25, 0.3) is 0 Å². The first kappa shape index (κ1) is 15.4. The van der Waals surface area contributed by atoms with Crippen molar-refractivity contribution in [2.75, 3.05) is 0 Å². The number of aliphatic carboxylic acids is 1. The number of carbonyl (C=O) groups is 2. The number of carboxylic acids is 1. The predicted octanol–water partition coefficient (Wildman–Crippen LogP) is 2.00. The summed E-state index contributed by atoms with van der Waals surface area (Å²) in [6, 6.07) is -1.62. The molecule has 0 saturated heterocycles. The van der Waals surface area contributed by atoms with E-state index in [0.717, 1.165) is 5.01 Å². The van der Waals surface area contributed by atoms with Gasteiger partial charge < -0.3 is 15.7 Å². The van der Waals surface area contributed by atoms with Crippen molar-refractivity contribution in [3.8, 4) is 0 Å². The molecule has 0 bridgehead atoms. The Labute approximate surface area is 116 Å². The molecule has 3 N–H and O–H groups in total. The standard InChI is InChI=1S/C12H19N3O3S/c1-4-7(2)9(11(16)17)15-12(18)14-8(3)10-13-5-6-19-10/h5-9H,4H2,1-3H3,(H,16,17)(H2,14,15,18)/t7-,8?,9-/m0/s1. The molecule has 2 amide bonds. The quantitative estimate of drug-likeness (QED) is 0.745. The Morgan fingerprint density at radius 1 is 1.42 bits per heavy atom. The van der Waals surface area contributed by atoms with E-state index in [9.17, 15) is 9.59 Å². The maximum Gasteiger partial charge on any atom is 0.326 e. The predicted molar refractivity (Wildman–Crippen MR) is 73.1 cm³/mol. The van der Waals surface area contributed by atoms with Gasteiger partial charge in [-0.2, -0.15) is 0 Å². The van der Waals surface area contributed by atoms with Gasteiger partial charge in [-0.25, -0.2) is 14.6 Å². The summed E-state index contributed by atoms with van der Waals surface area (Å²) in [6.45, 7) is 5.49. The number of hydrogen-bond donors (Lipinski definition) is 3. The van der Waals surface area contributed by atoms with E-state index in [1.165, 1.54) is 11.3 Å². The molecule has 0 fully saturated rings. The molecule has 7 heteroatoms. The minimum Gasteiger partial charge on any atom is -0.480 e. The molecular weight excluding hydrogens is 266 g/mol. The summed E-state index contributed by atoms with van der Waals surface area (Å²) >= 11 is 1.44. The normalized spacial score (nSPS) is 15.3. The first-order valence-electron chi connectivity index (χ1n) is 6.14. The number of carbonyl (C=O) groups excluding carboxylic acids is 1. The first-order valence-corrected chi connectivity index (χ1v) is 7.02. The van der Waals surface area contributed by atoms with Gasteiger partial charge in [0, 0.05) is 11.6 Å². The van der Waals surface area contributed by atoms with Gasteiger partial charge in [-0.3, -0.25) is 0 Å². The van der Waals surface area contributed by atoms with Crippen LogP contribution in [-0.2, 0) is 4.79 Å². The SMILES string of the molecule is CC[C@H](C)[C@H](NC(=O)NC(C)c1nccs1)C(=O)O. The zero-order chi connectivity index (χ0) is 14.4. The number of nitrogens with zero attached hydrogens (tertiary/aromatic N) is 1. The van der Waals surface area contributed by atoms with Crippen LogP contribution in [0, 0.1) is 5.92 Å². The van der Waals surface area contributed by atoms with Crippen LogP contribution in [0.15, 0.2) is 11.6 Å². The smallest absolute Gasteiger partial charge is 0.326 e. The number of rotatable bonds is 6. The van der Waals surface area contributed by atoms with Gasteiger partial charge >= 0.3 is 12.0 Å². The molecule has 0 radical (unpaired) electrons. The molecule has 0 aliphatic carbocycles. The Morgan fingerprint density at radius 2 is 2.11 bits per heavy atom. The number of urea groups is 1. The van der Waals surface area contributed by atoms with Crippen LogP contribution in [0.4, 0.5) is 4.79 Å². The summed E-state index contributed by atoms with van der Waals surface area (Å²) in [6.07, 6.45) is 2.34. The van der Waals surface area contributed by atoms with Crippen molar-refractivity contribution in [2.45, 2.75) is 39.3 Å². The van der Waals surface area contributed by atoms with Crippen molar-refractivity contribution < 1.29 is 14.7 Å². The van der Waals surface area contributed by atoms with Gasteiger partial charge in [0.05, 0.1) is 6.04 Å². The Bertz CT molecular complexity index is 422. The summed E-state index contributed by atoms with van der Waals surface area (Å²) in [5.41, 5.74) is 0. The monoisotopic (exact) mass is 285 g/mol. The fourth-order valence-electron chi connectivity index (χ4n) is 1.57. The second-order valence-electron chi connectivity index (χ2n) is 4.41. The molecule has 19 heavy (non-hydrogen) atoms. The van der Waals surface area contributed by atoms with Crippen molar-refractivity contribution in [1.82, 2.24) is 15.6 Å². The van der Waals surface area contributed by atoms with Crippen LogP contribution >= 0.6 is 11.3 Å². The number of amides is 2.